The van der Waals surface area contributed by atoms with Crippen molar-refractivity contribution in [3.8, 4) is 0 Å². The Labute approximate surface area is 137 Å². The van der Waals surface area contributed by atoms with Crippen LogP contribution >= 0.6 is 0 Å². The number of carbonyl (C=O) groups is 2. The third kappa shape index (κ3) is 3.66. The highest BCUT2D eigenvalue weighted by molar-refractivity contribution is 6.02. The van der Waals surface area contributed by atoms with Crippen molar-refractivity contribution in [2.24, 2.45) is 14.1 Å². The molecule has 10 nitrogen and oxygen atoms in total. The molecule has 3 aromatic rings. The molecule has 24 heavy (non-hydrogen) atoms. The van der Waals surface area contributed by atoms with Crippen LogP contribution in [-0.2, 0) is 25.4 Å². The Hall–Kier alpha value is -3.43. The number of hydrogen-bond acceptors (Lipinski definition) is 5. The maximum absolute atomic E-state index is 12.1. The molecular weight excluding hydrogens is 312 g/mol. The Bertz CT molecular complexity index is 875. The first-order valence-corrected chi connectivity index (χ1v) is 7.13. The lowest BCUT2D eigenvalue weighted by Crippen LogP contribution is -2.20. The largest absolute Gasteiger partial charge is 0.308 e. The molecule has 0 bridgehead atoms. The molecule has 10 heteroatoms. The third-order valence-electron chi connectivity index (χ3n) is 3.12. The van der Waals surface area contributed by atoms with Crippen LogP contribution in [-0.4, -0.2) is 41.2 Å². The van der Waals surface area contributed by atoms with Gasteiger partial charge in [0.1, 0.15) is 6.54 Å². The van der Waals surface area contributed by atoms with Gasteiger partial charge in [-0.2, -0.15) is 15.3 Å². The first-order valence-electron chi connectivity index (χ1n) is 7.13. The molecule has 0 aliphatic rings. The van der Waals surface area contributed by atoms with Gasteiger partial charge in [-0.05, 0) is 6.07 Å². The lowest BCUT2D eigenvalue weighted by molar-refractivity contribution is -0.116. The van der Waals surface area contributed by atoms with Crippen LogP contribution in [0.2, 0.25) is 0 Å². The second kappa shape index (κ2) is 6.36. The molecule has 0 radical (unpaired) electrons. The predicted molar refractivity (Wildman–Crippen MR) is 85.2 cm³/mol. The average Bonchev–Trinajstić information content (AvgIpc) is 3.22. The normalized spacial score (nSPS) is 10.6. The van der Waals surface area contributed by atoms with Gasteiger partial charge < -0.3 is 10.6 Å². The molecule has 0 aliphatic heterocycles. The highest BCUT2D eigenvalue weighted by Gasteiger charge is 2.13. The van der Waals surface area contributed by atoms with Crippen molar-refractivity contribution in [2.45, 2.75) is 6.54 Å². The Kier molecular flexibility index (Phi) is 4.10. The molecule has 0 saturated carbocycles. The molecule has 3 rings (SSSR count). The van der Waals surface area contributed by atoms with E-state index >= 15 is 0 Å². The van der Waals surface area contributed by atoms with Crippen molar-refractivity contribution < 1.29 is 9.59 Å². The van der Waals surface area contributed by atoms with Gasteiger partial charge >= 0.3 is 0 Å². The highest BCUT2D eigenvalue weighted by Crippen LogP contribution is 2.05. The van der Waals surface area contributed by atoms with Gasteiger partial charge in [0.25, 0.3) is 5.91 Å². The van der Waals surface area contributed by atoms with Crippen LogP contribution in [0.15, 0.2) is 36.8 Å². The van der Waals surface area contributed by atoms with Crippen molar-refractivity contribution in [3.05, 3.63) is 42.5 Å². The van der Waals surface area contributed by atoms with Gasteiger partial charge in [-0.1, -0.05) is 0 Å². The van der Waals surface area contributed by atoms with E-state index in [1.807, 2.05) is 0 Å². The van der Waals surface area contributed by atoms with Crippen LogP contribution < -0.4 is 10.6 Å². The van der Waals surface area contributed by atoms with E-state index in [-0.39, 0.29) is 18.1 Å². The summed E-state index contributed by atoms with van der Waals surface area (Å²) in [5, 5.41) is 17.5. The minimum absolute atomic E-state index is 0.0204. The van der Waals surface area contributed by atoms with E-state index in [9.17, 15) is 9.59 Å². The second-order valence-electron chi connectivity index (χ2n) is 5.15. The first-order chi connectivity index (χ1) is 11.5. The predicted octanol–water partition coefficient (Wildman–Crippen LogP) is 0.241. The zero-order chi connectivity index (χ0) is 17.1. The Morgan fingerprint density at radius 3 is 2.12 bits per heavy atom. The number of hydrogen-bond donors (Lipinski definition) is 2. The fourth-order valence-corrected chi connectivity index (χ4v) is 2.04. The number of nitrogens with one attached hydrogen (secondary N) is 2. The van der Waals surface area contributed by atoms with Crippen molar-refractivity contribution in [1.82, 2.24) is 29.3 Å². The fourth-order valence-electron chi connectivity index (χ4n) is 2.04. The number of carbonyl (C=O) groups excluding carboxylic acids is 2. The van der Waals surface area contributed by atoms with E-state index in [2.05, 4.69) is 25.9 Å². The molecule has 0 spiro atoms. The van der Waals surface area contributed by atoms with Crippen molar-refractivity contribution in [3.63, 3.8) is 0 Å². The van der Waals surface area contributed by atoms with Crippen LogP contribution in [0.5, 0.6) is 0 Å². The summed E-state index contributed by atoms with van der Waals surface area (Å²) in [4.78, 5) is 24.0. The molecule has 2 N–H and O–H groups in total. The van der Waals surface area contributed by atoms with E-state index < -0.39 is 5.91 Å². The smallest absolute Gasteiger partial charge is 0.277 e. The third-order valence-corrected chi connectivity index (χ3v) is 3.12. The molecule has 0 saturated heterocycles. The maximum atomic E-state index is 12.1. The van der Waals surface area contributed by atoms with E-state index in [1.54, 1.807) is 54.2 Å². The average molecular weight is 328 g/mol. The topological polar surface area (TPSA) is 112 Å². The number of aryl methyl sites for hydroxylation is 2. The summed E-state index contributed by atoms with van der Waals surface area (Å²) in [5.74, 6) is 0.221. The van der Waals surface area contributed by atoms with Crippen LogP contribution in [0.1, 0.15) is 10.5 Å². The monoisotopic (exact) mass is 328 g/mol. The first kappa shape index (κ1) is 15.5. The molecule has 2 amide bonds. The molecule has 0 aliphatic carbocycles. The molecule has 124 valence electrons. The maximum Gasteiger partial charge on any atom is 0.277 e. The molecule has 0 atom stereocenters. The lowest BCUT2D eigenvalue weighted by Gasteiger charge is -2.02. The SMILES string of the molecule is Cn1ccc(NC(=O)Cn2ccc(C(=O)Nc3ccn(C)n3)n2)n1. The summed E-state index contributed by atoms with van der Waals surface area (Å²) < 4.78 is 4.55. The number of nitrogens with zero attached hydrogens (tertiary/aromatic N) is 6. The van der Waals surface area contributed by atoms with Gasteiger partial charge in [-0.15, -0.1) is 0 Å². The number of anilines is 2. The van der Waals surface area contributed by atoms with Crippen molar-refractivity contribution in [1.29, 1.82) is 0 Å². The minimum Gasteiger partial charge on any atom is -0.308 e. The van der Waals surface area contributed by atoms with Gasteiger partial charge in [-0.25, -0.2) is 0 Å². The Morgan fingerprint density at radius 1 is 0.917 bits per heavy atom. The van der Waals surface area contributed by atoms with Crippen LogP contribution in [0, 0.1) is 0 Å². The van der Waals surface area contributed by atoms with E-state index in [0.29, 0.717) is 11.6 Å². The van der Waals surface area contributed by atoms with Gasteiger partial charge in [0.15, 0.2) is 17.3 Å². The fraction of sp³-hybridized carbons (Fsp3) is 0.214. The summed E-state index contributed by atoms with van der Waals surface area (Å²) in [6, 6.07) is 4.90. The molecule has 0 aromatic carbocycles. The van der Waals surface area contributed by atoms with E-state index in [4.69, 9.17) is 0 Å². The molecular formula is C14H16N8O2. The van der Waals surface area contributed by atoms with Crippen LogP contribution in [0.3, 0.4) is 0 Å². The standard InChI is InChI=1S/C14H16N8O2/c1-20-6-4-11(18-20)15-13(23)9-22-8-3-10(17-22)14(24)16-12-5-7-21(2)19-12/h3-8H,9H2,1-2H3,(H,15,18,23)(H,16,19,24). The minimum atomic E-state index is -0.391. The van der Waals surface area contributed by atoms with Gasteiger partial charge in [0, 0.05) is 44.8 Å². The molecule has 3 heterocycles. The van der Waals surface area contributed by atoms with E-state index in [0.717, 1.165) is 0 Å². The molecule has 0 fully saturated rings. The van der Waals surface area contributed by atoms with Gasteiger partial charge in [-0.3, -0.25) is 23.6 Å². The number of amides is 2. The zero-order valence-corrected chi connectivity index (χ0v) is 13.2. The molecule has 0 unspecified atom stereocenters. The van der Waals surface area contributed by atoms with Crippen molar-refractivity contribution in [2.75, 3.05) is 10.6 Å². The Balaban J connectivity index is 1.58. The number of rotatable bonds is 5. The van der Waals surface area contributed by atoms with E-state index in [1.165, 1.54) is 10.7 Å². The molecule has 3 aromatic heterocycles. The number of aromatic nitrogens is 6. The van der Waals surface area contributed by atoms with Crippen molar-refractivity contribution >= 4 is 23.5 Å². The summed E-state index contributed by atoms with van der Waals surface area (Å²) in [5.41, 5.74) is 0.200. The van der Waals surface area contributed by atoms with Crippen LogP contribution in [0.25, 0.3) is 0 Å². The summed E-state index contributed by atoms with van der Waals surface area (Å²) in [6.45, 7) is -0.0204. The van der Waals surface area contributed by atoms with Gasteiger partial charge in [0.05, 0.1) is 0 Å². The zero-order valence-electron chi connectivity index (χ0n) is 13.2. The summed E-state index contributed by atoms with van der Waals surface area (Å²) in [6.07, 6.45) is 5.01. The quantitative estimate of drug-likeness (QED) is 0.697. The highest BCUT2D eigenvalue weighted by atomic mass is 16.2. The second-order valence-corrected chi connectivity index (χ2v) is 5.15. The lowest BCUT2D eigenvalue weighted by atomic mass is 10.4. The summed E-state index contributed by atoms with van der Waals surface area (Å²) in [7, 11) is 3.51. The van der Waals surface area contributed by atoms with Gasteiger partial charge in [0.2, 0.25) is 5.91 Å². The van der Waals surface area contributed by atoms with Crippen LogP contribution in [0.4, 0.5) is 11.6 Å². The summed E-state index contributed by atoms with van der Waals surface area (Å²) >= 11 is 0. The Morgan fingerprint density at radius 2 is 1.54 bits per heavy atom.